The number of Topliss-reactive ketones (excluding diaryl/α,β-unsaturated/α-hetero) is 1. The largest absolute Gasteiger partial charge is 0.507 e. The van der Waals surface area contributed by atoms with Crippen LogP contribution in [0.5, 0.6) is 11.5 Å². The molecule has 2 heterocycles. The first-order chi connectivity index (χ1) is 15.5. The molecule has 2 atom stereocenters. The van der Waals surface area contributed by atoms with Crippen molar-refractivity contribution in [3.63, 3.8) is 0 Å². The fourth-order valence-corrected chi connectivity index (χ4v) is 5.25. The summed E-state index contributed by atoms with van der Waals surface area (Å²) in [4.78, 5) is 28.1. The summed E-state index contributed by atoms with van der Waals surface area (Å²) in [5.74, 6) is 0.205. The van der Waals surface area contributed by atoms with Crippen molar-refractivity contribution < 1.29 is 24.2 Å². The highest BCUT2D eigenvalue weighted by molar-refractivity contribution is 6.46. The number of hydrogen-bond donors (Lipinski definition) is 1. The fourth-order valence-electron chi connectivity index (χ4n) is 5.25. The third kappa shape index (κ3) is 3.34. The molecule has 166 valence electrons. The molecule has 2 aromatic carbocycles. The van der Waals surface area contributed by atoms with Crippen LogP contribution in [0, 0.1) is 0 Å². The number of methoxy groups -OCH3 is 1. The van der Waals surface area contributed by atoms with Gasteiger partial charge in [0.2, 0.25) is 0 Å². The molecular formula is C26H27NO5. The van der Waals surface area contributed by atoms with Crippen LogP contribution in [0.4, 0.5) is 0 Å². The minimum absolute atomic E-state index is 0.00174. The Morgan fingerprint density at radius 3 is 2.50 bits per heavy atom. The van der Waals surface area contributed by atoms with E-state index < -0.39 is 17.7 Å². The Labute approximate surface area is 187 Å². The molecule has 0 radical (unpaired) electrons. The van der Waals surface area contributed by atoms with Crippen molar-refractivity contribution in [3.05, 3.63) is 64.7 Å². The molecule has 5 rings (SSSR count). The molecule has 1 N–H and O–H groups in total. The topological polar surface area (TPSA) is 76.1 Å². The maximum atomic E-state index is 13.2. The Balaban J connectivity index is 1.63. The Bertz CT molecular complexity index is 1100. The van der Waals surface area contributed by atoms with Crippen molar-refractivity contribution in [1.82, 2.24) is 4.90 Å². The predicted molar refractivity (Wildman–Crippen MR) is 120 cm³/mol. The number of ketones is 1. The van der Waals surface area contributed by atoms with E-state index in [1.165, 1.54) is 0 Å². The van der Waals surface area contributed by atoms with E-state index in [1.807, 2.05) is 43.3 Å². The van der Waals surface area contributed by atoms with Crippen LogP contribution < -0.4 is 9.47 Å². The van der Waals surface area contributed by atoms with Crippen molar-refractivity contribution in [2.75, 3.05) is 7.11 Å². The number of hydrogen-bond acceptors (Lipinski definition) is 5. The molecule has 1 aliphatic carbocycles. The van der Waals surface area contributed by atoms with Crippen LogP contribution in [-0.2, 0) is 16.0 Å². The zero-order valence-corrected chi connectivity index (χ0v) is 18.3. The van der Waals surface area contributed by atoms with E-state index in [9.17, 15) is 14.7 Å². The summed E-state index contributed by atoms with van der Waals surface area (Å²) in [5.41, 5.74) is 2.47. The van der Waals surface area contributed by atoms with Gasteiger partial charge in [-0.1, -0.05) is 25.0 Å². The number of benzene rings is 2. The number of rotatable bonds is 4. The number of amides is 1. The average Bonchev–Trinajstić information content (AvgIpc) is 3.51. The molecule has 2 fully saturated rings. The third-order valence-corrected chi connectivity index (χ3v) is 6.80. The van der Waals surface area contributed by atoms with Crippen molar-refractivity contribution in [2.24, 2.45) is 0 Å². The molecule has 1 amide bonds. The van der Waals surface area contributed by atoms with Gasteiger partial charge in [-0.15, -0.1) is 0 Å². The monoisotopic (exact) mass is 433 g/mol. The summed E-state index contributed by atoms with van der Waals surface area (Å²) in [6, 6.07) is 12.2. The van der Waals surface area contributed by atoms with Crippen molar-refractivity contribution >= 4 is 17.4 Å². The minimum atomic E-state index is -0.625. The number of fused-ring (bicyclic) bond motifs is 1. The molecule has 2 aliphatic heterocycles. The molecule has 1 saturated heterocycles. The number of aliphatic hydroxyl groups excluding tert-OH is 1. The van der Waals surface area contributed by atoms with Gasteiger partial charge in [-0.25, -0.2) is 0 Å². The Kier molecular flexibility index (Phi) is 5.16. The van der Waals surface area contributed by atoms with Crippen molar-refractivity contribution in [3.8, 4) is 11.5 Å². The lowest BCUT2D eigenvalue weighted by Crippen LogP contribution is -2.37. The first kappa shape index (κ1) is 20.6. The zero-order chi connectivity index (χ0) is 22.4. The predicted octanol–water partition coefficient (Wildman–Crippen LogP) is 4.38. The van der Waals surface area contributed by atoms with E-state index in [4.69, 9.17) is 9.47 Å². The van der Waals surface area contributed by atoms with Gasteiger partial charge in [0.1, 0.15) is 23.4 Å². The van der Waals surface area contributed by atoms with Crippen LogP contribution in [0.1, 0.15) is 55.3 Å². The number of carbonyl (C=O) groups is 2. The number of likely N-dealkylation sites (tertiary alicyclic amines) is 1. The van der Waals surface area contributed by atoms with E-state index >= 15 is 0 Å². The zero-order valence-electron chi connectivity index (χ0n) is 18.3. The highest BCUT2D eigenvalue weighted by Crippen LogP contribution is 2.44. The Morgan fingerprint density at radius 1 is 1.09 bits per heavy atom. The molecule has 0 spiro atoms. The summed E-state index contributed by atoms with van der Waals surface area (Å²) >= 11 is 0. The highest BCUT2D eigenvalue weighted by Gasteiger charge is 2.49. The van der Waals surface area contributed by atoms with E-state index in [0.717, 1.165) is 49.0 Å². The molecule has 0 bridgehead atoms. The van der Waals surface area contributed by atoms with Gasteiger partial charge in [-0.2, -0.15) is 0 Å². The highest BCUT2D eigenvalue weighted by atomic mass is 16.5. The summed E-state index contributed by atoms with van der Waals surface area (Å²) in [6.45, 7) is 2.00. The number of aliphatic hydroxyl groups is 1. The van der Waals surface area contributed by atoms with Crippen molar-refractivity contribution in [2.45, 2.75) is 57.2 Å². The van der Waals surface area contributed by atoms with Gasteiger partial charge in [0.25, 0.3) is 11.7 Å². The number of nitrogens with zero attached hydrogens (tertiary/aromatic N) is 1. The van der Waals surface area contributed by atoms with Gasteiger partial charge < -0.3 is 19.5 Å². The summed E-state index contributed by atoms with van der Waals surface area (Å²) in [6.07, 6.45) is 4.63. The molecule has 3 aliphatic rings. The van der Waals surface area contributed by atoms with Crippen LogP contribution in [0.15, 0.2) is 48.0 Å². The lowest BCUT2D eigenvalue weighted by molar-refractivity contribution is -0.141. The Morgan fingerprint density at radius 2 is 1.81 bits per heavy atom. The molecule has 2 unspecified atom stereocenters. The second-order valence-corrected chi connectivity index (χ2v) is 8.87. The van der Waals surface area contributed by atoms with E-state index in [-0.39, 0.29) is 23.5 Å². The van der Waals surface area contributed by atoms with Gasteiger partial charge in [0.05, 0.1) is 18.7 Å². The number of carbonyl (C=O) groups excluding carboxylic acids is 2. The van der Waals surface area contributed by atoms with Crippen LogP contribution in [0.2, 0.25) is 0 Å². The molecule has 1 saturated carbocycles. The SMILES string of the molecule is COc1ccc(C2/C(=C(/O)c3ccc4c(c3)CC(C)O4)C(=O)C(=O)N2C2CCCC2)cc1. The smallest absolute Gasteiger partial charge is 0.295 e. The molecule has 2 aromatic rings. The van der Waals surface area contributed by atoms with Gasteiger partial charge in [-0.3, -0.25) is 9.59 Å². The lowest BCUT2D eigenvalue weighted by atomic mass is 9.94. The average molecular weight is 434 g/mol. The maximum Gasteiger partial charge on any atom is 0.295 e. The van der Waals surface area contributed by atoms with Crippen LogP contribution in [-0.4, -0.2) is 41.0 Å². The molecule has 0 aromatic heterocycles. The third-order valence-electron chi connectivity index (χ3n) is 6.80. The summed E-state index contributed by atoms with van der Waals surface area (Å²) in [7, 11) is 1.60. The fraction of sp³-hybridized carbons (Fsp3) is 0.385. The minimum Gasteiger partial charge on any atom is -0.507 e. The standard InChI is InChI=1S/C26H27NO5/c1-15-13-18-14-17(9-12-21(18)32-15)24(28)22-23(16-7-10-20(31-2)11-8-16)27(26(30)25(22)29)19-5-3-4-6-19/h7-12,14-15,19,23,28H,3-6,13H2,1-2H3/b24-22-. The molecule has 6 heteroatoms. The lowest BCUT2D eigenvalue weighted by Gasteiger charge is -2.30. The normalized spacial score (nSPS) is 24.6. The summed E-state index contributed by atoms with van der Waals surface area (Å²) < 4.78 is 11.0. The maximum absolute atomic E-state index is 13.2. The van der Waals surface area contributed by atoms with Gasteiger partial charge in [-0.05, 0) is 61.2 Å². The molecule has 32 heavy (non-hydrogen) atoms. The first-order valence-corrected chi connectivity index (χ1v) is 11.2. The van der Waals surface area contributed by atoms with Crippen molar-refractivity contribution in [1.29, 1.82) is 0 Å². The quantitative estimate of drug-likeness (QED) is 0.440. The second-order valence-electron chi connectivity index (χ2n) is 8.87. The van der Waals surface area contributed by atoms with E-state index in [1.54, 1.807) is 18.1 Å². The van der Waals surface area contributed by atoms with Crippen LogP contribution in [0.25, 0.3) is 5.76 Å². The second kappa shape index (κ2) is 8.01. The van der Waals surface area contributed by atoms with Gasteiger partial charge in [0.15, 0.2) is 0 Å². The van der Waals surface area contributed by atoms with Crippen LogP contribution in [0.3, 0.4) is 0 Å². The summed E-state index contributed by atoms with van der Waals surface area (Å²) in [5, 5.41) is 11.3. The van der Waals surface area contributed by atoms with Gasteiger partial charge >= 0.3 is 0 Å². The van der Waals surface area contributed by atoms with E-state index in [0.29, 0.717) is 11.3 Å². The Hall–Kier alpha value is -3.28. The van der Waals surface area contributed by atoms with Gasteiger partial charge in [0, 0.05) is 18.0 Å². The first-order valence-electron chi connectivity index (χ1n) is 11.2. The number of ether oxygens (including phenoxy) is 2. The van der Waals surface area contributed by atoms with Crippen LogP contribution >= 0.6 is 0 Å². The molecule has 6 nitrogen and oxygen atoms in total. The van der Waals surface area contributed by atoms with E-state index in [2.05, 4.69) is 0 Å². The molecular weight excluding hydrogens is 406 g/mol.